The van der Waals surface area contributed by atoms with Crippen molar-refractivity contribution < 1.29 is 18.7 Å². The normalized spacial score (nSPS) is 20.1. The molecule has 1 aliphatic heterocycles. The zero-order valence-corrected chi connectivity index (χ0v) is 16.7. The Kier molecular flexibility index (Phi) is 7.71. The third kappa shape index (κ3) is 5.71. The predicted molar refractivity (Wildman–Crippen MR) is 106 cm³/mol. The van der Waals surface area contributed by atoms with Crippen LogP contribution in [0, 0.1) is 5.92 Å². The Hall–Kier alpha value is -2.08. The molecule has 6 nitrogen and oxygen atoms in total. The van der Waals surface area contributed by atoms with Gasteiger partial charge >= 0.3 is 0 Å². The van der Waals surface area contributed by atoms with Gasteiger partial charge in [0, 0.05) is 25.6 Å². The summed E-state index contributed by atoms with van der Waals surface area (Å²) < 4.78 is 11.2. The van der Waals surface area contributed by atoms with Gasteiger partial charge in [-0.2, -0.15) is 0 Å². The Labute approximate surface area is 167 Å². The molecule has 1 saturated heterocycles. The Morgan fingerprint density at radius 1 is 1.14 bits per heavy atom. The standard InChI is InChI=1S/C22H32N2O4/c1-2-12-23(22(26)18-8-4-3-5-9-18)17-21(25)24(15-19-10-6-13-27-19)16-20-11-7-14-28-20/h2,6,10,13,18,20H,1,3-5,7-9,11-12,14-17H2/t20-/m1/s1. The third-order valence-corrected chi connectivity index (χ3v) is 5.67. The second kappa shape index (κ2) is 10.5. The summed E-state index contributed by atoms with van der Waals surface area (Å²) in [6, 6.07) is 3.69. The van der Waals surface area contributed by atoms with Crippen LogP contribution in [0.3, 0.4) is 0 Å². The minimum Gasteiger partial charge on any atom is -0.467 e. The van der Waals surface area contributed by atoms with Crippen LogP contribution in [0.2, 0.25) is 0 Å². The maximum Gasteiger partial charge on any atom is 0.242 e. The molecule has 0 spiro atoms. The molecule has 2 fully saturated rings. The number of carbonyl (C=O) groups is 2. The summed E-state index contributed by atoms with van der Waals surface area (Å²) in [5, 5.41) is 0. The van der Waals surface area contributed by atoms with Crippen LogP contribution in [0.25, 0.3) is 0 Å². The molecule has 1 aromatic heterocycles. The summed E-state index contributed by atoms with van der Waals surface area (Å²) in [6.45, 7) is 5.91. The first kappa shape index (κ1) is 20.6. The Balaban J connectivity index is 1.65. The average molecular weight is 389 g/mol. The van der Waals surface area contributed by atoms with Crippen LogP contribution < -0.4 is 0 Å². The highest BCUT2D eigenvalue weighted by Gasteiger charge is 2.29. The molecule has 1 aliphatic carbocycles. The fourth-order valence-corrected chi connectivity index (χ4v) is 4.14. The summed E-state index contributed by atoms with van der Waals surface area (Å²) in [6.07, 6.45) is 10.6. The SMILES string of the molecule is C=CCN(CC(=O)N(Cc1ccco1)C[C@H]1CCCO1)C(=O)C1CCCCC1. The molecule has 6 heteroatoms. The largest absolute Gasteiger partial charge is 0.467 e. The smallest absolute Gasteiger partial charge is 0.242 e. The van der Waals surface area contributed by atoms with Crippen LogP contribution in [-0.4, -0.2) is 54.0 Å². The van der Waals surface area contributed by atoms with E-state index in [2.05, 4.69) is 6.58 Å². The van der Waals surface area contributed by atoms with Crippen LogP contribution in [0.15, 0.2) is 35.5 Å². The van der Waals surface area contributed by atoms with Gasteiger partial charge in [0.2, 0.25) is 11.8 Å². The number of amides is 2. The number of hydrogen-bond acceptors (Lipinski definition) is 4. The number of ether oxygens (including phenoxy) is 1. The maximum absolute atomic E-state index is 13.1. The van der Waals surface area contributed by atoms with Crippen LogP contribution in [-0.2, 0) is 20.9 Å². The highest BCUT2D eigenvalue weighted by molar-refractivity contribution is 5.86. The van der Waals surface area contributed by atoms with Gasteiger partial charge in [-0.1, -0.05) is 25.3 Å². The second-order valence-electron chi connectivity index (χ2n) is 7.83. The summed E-state index contributed by atoms with van der Waals surface area (Å²) in [7, 11) is 0. The van der Waals surface area contributed by atoms with E-state index in [1.165, 1.54) is 6.42 Å². The van der Waals surface area contributed by atoms with Gasteiger partial charge in [0.15, 0.2) is 0 Å². The molecule has 1 saturated carbocycles. The van der Waals surface area contributed by atoms with Gasteiger partial charge in [0.1, 0.15) is 12.3 Å². The molecular formula is C22H32N2O4. The van der Waals surface area contributed by atoms with Crippen molar-refractivity contribution in [3.63, 3.8) is 0 Å². The van der Waals surface area contributed by atoms with E-state index >= 15 is 0 Å². The van der Waals surface area contributed by atoms with Crippen LogP contribution in [0.1, 0.15) is 50.7 Å². The van der Waals surface area contributed by atoms with Crippen molar-refractivity contribution >= 4 is 11.8 Å². The van der Waals surface area contributed by atoms with Crippen molar-refractivity contribution in [3.05, 3.63) is 36.8 Å². The fourth-order valence-electron chi connectivity index (χ4n) is 4.14. The molecule has 2 amide bonds. The van der Waals surface area contributed by atoms with Crippen LogP contribution in [0.4, 0.5) is 0 Å². The van der Waals surface area contributed by atoms with E-state index in [1.807, 2.05) is 12.1 Å². The lowest BCUT2D eigenvalue weighted by Gasteiger charge is -2.31. The number of nitrogens with zero attached hydrogens (tertiary/aromatic N) is 2. The quantitative estimate of drug-likeness (QED) is 0.609. The Morgan fingerprint density at radius 3 is 2.61 bits per heavy atom. The lowest BCUT2D eigenvalue weighted by Crippen LogP contribution is -2.46. The van der Waals surface area contributed by atoms with Gasteiger partial charge in [-0.3, -0.25) is 9.59 Å². The van der Waals surface area contributed by atoms with Crippen molar-refractivity contribution in [1.29, 1.82) is 0 Å². The van der Waals surface area contributed by atoms with Crippen molar-refractivity contribution in [2.75, 3.05) is 26.2 Å². The monoisotopic (exact) mass is 388 g/mol. The Bertz CT molecular complexity index is 631. The number of rotatable bonds is 9. The van der Waals surface area contributed by atoms with Gasteiger partial charge in [0.25, 0.3) is 0 Å². The van der Waals surface area contributed by atoms with E-state index in [-0.39, 0.29) is 30.4 Å². The number of furan rings is 1. The summed E-state index contributed by atoms with van der Waals surface area (Å²) in [5.74, 6) is 0.791. The minimum atomic E-state index is -0.0714. The molecule has 0 radical (unpaired) electrons. The molecule has 0 bridgehead atoms. The van der Waals surface area contributed by atoms with E-state index in [0.29, 0.717) is 19.6 Å². The first-order valence-corrected chi connectivity index (χ1v) is 10.5. The molecule has 1 aromatic rings. The first-order valence-electron chi connectivity index (χ1n) is 10.5. The molecule has 0 unspecified atom stereocenters. The molecule has 154 valence electrons. The third-order valence-electron chi connectivity index (χ3n) is 5.67. The molecule has 3 rings (SSSR count). The second-order valence-corrected chi connectivity index (χ2v) is 7.83. The summed E-state index contributed by atoms with van der Waals surface area (Å²) in [5.41, 5.74) is 0. The van der Waals surface area contributed by atoms with Crippen LogP contribution >= 0.6 is 0 Å². The Morgan fingerprint density at radius 2 is 1.96 bits per heavy atom. The van der Waals surface area contributed by atoms with Crippen LogP contribution in [0.5, 0.6) is 0 Å². The number of hydrogen-bond donors (Lipinski definition) is 0. The van der Waals surface area contributed by atoms with E-state index in [9.17, 15) is 9.59 Å². The topological polar surface area (TPSA) is 63.0 Å². The molecule has 0 aromatic carbocycles. The zero-order chi connectivity index (χ0) is 19.8. The minimum absolute atomic E-state index is 0.0400. The average Bonchev–Trinajstić information content (AvgIpc) is 3.41. The lowest BCUT2D eigenvalue weighted by atomic mass is 9.88. The fraction of sp³-hybridized carbons (Fsp3) is 0.636. The van der Waals surface area contributed by atoms with E-state index in [4.69, 9.17) is 9.15 Å². The van der Waals surface area contributed by atoms with Gasteiger partial charge in [-0.25, -0.2) is 0 Å². The lowest BCUT2D eigenvalue weighted by molar-refractivity contribution is -0.144. The molecule has 1 atom stereocenters. The molecule has 28 heavy (non-hydrogen) atoms. The van der Waals surface area contributed by atoms with Gasteiger partial charge < -0.3 is 19.0 Å². The summed E-state index contributed by atoms with van der Waals surface area (Å²) >= 11 is 0. The summed E-state index contributed by atoms with van der Waals surface area (Å²) in [4.78, 5) is 29.5. The van der Waals surface area contributed by atoms with E-state index in [1.54, 1.807) is 22.1 Å². The molecule has 2 heterocycles. The number of carbonyl (C=O) groups excluding carboxylic acids is 2. The van der Waals surface area contributed by atoms with Crippen molar-refractivity contribution in [3.8, 4) is 0 Å². The van der Waals surface area contributed by atoms with E-state index < -0.39 is 0 Å². The molecule has 2 aliphatic rings. The maximum atomic E-state index is 13.1. The van der Waals surface area contributed by atoms with Crippen molar-refractivity contribution in [2.24, 2.45) is 5.92 Å². The highest BCUT2D eigenvalue weighted by Crippen LogP contribution is 2.25. The predicted octanol–water partition coefficient (Wildman–Crippen LogP) is 3.38. The van der Waals surface area contributed by atoms with Gasteiger partial charge in [0.05, 0.1) is 18.9 Å². The first-order chi connectivity index (χ1) is 13.7. The molecule has 0 N–H and O–H groups in total. The molecular weight excluding hydrogens is 356 g/mol. The van der Waals surface area contributed by atoms with Crippen molar-refractivity contribution in [2.45, 2.75) is 57.6 Å². The zero-order valence-electron chi connectivity index (χ0n) is 16.7. The highest BCUT2D eigenvalue weighted by atomic mass is 16.5. The van der Waals surface area contributed by atoms with Gasteiger partial charge in [-0.15, -0.1) is 6.58 Å². The van der Waals surface area contributed by atoms with Crippen molar-refractivity contribution in [1.82, 2.24) is 9.80 Å². The van der Waals surface area contributed by atoms with Gasteiger partial charge in [-0.05, 0) is 37.8 Å². The van der Waals surface area contributed by atoms with E-state index in [0.717, 1.165) is 50.9 Å².